The minimum atomic E-state index is -0.0732. The second-order valence-corrected chi connectivity index (χ2v) is 4.86. The molecule has 0 aliphatic rings. The standard InChI is InChI=1S/C10H14ClNO2S/c11-9-5-4-8(15-9)10(14)12-6-2-1-3-7-13/h4-5,13H,1-3,6-7H2,(H,12,14). The van der Waals surface area contributed by atoms with Gasteiger partial charge >= 0.3 is 0 Å². The number of rotatable bonds is 6. The fourth-order valence-corrected chi connectivity index (χ4v) is 2.10. The first-order valence-electron chi connectivity index (χ1n) is 4.88. The third kappa shape index (κ3) is 4.64. The van der Waals surface area contributed by atoms with E-state index < -0.39 is 0 Å². The van der Waals surface area contributed by atoms with E-state index in [-0.39, 0.29) is 12.5 Å². The van der Waals surface area contributed by atoms with Crippen LogP contribution < -0.4 is 5.32 Å². The van der Waals surface area contributed by atoms with Gasteiger partial charge in [-0.2, -0.15) is 0 Å². The molecule has 15 heavy (non-hydrogen) atoms. The summed E-state index contributed by atoms with van der Waals surface area (Å²) in [4.78, 5) is 12.1. The van der Waals surface area contributed by atoms with Gasteiger partial charge in [0, 0.05) is 13.2 Å². The molecule has 0 unspecified atom stereocenters. The average molecular weight is 248 g/mol. The second-order valence-electron chi connectivity index (χ2n) is 3.14. The van der Waals surface area contributed by atoms with E-state index in [1.807, 2.05) is 0 Å². The Morgan fingerprint density at radius 3 is 2.80 bits per heavy atom. The zero-order valence-corrected chi connectivity index (χ0v) is 9.90. The molecular weight excluding hydrogens is 234 g/mol. The highest BCUT2D eigenvalue weighted by molar-refractivity contribution is 7.17. The number of carbonyl (C=O) groups is 1. The number of thiophene rings is 1. The Bertz CT molecular complexity index is 314. The van der Waals surface area contributed by atoms with Gasteiger partial charge in [0.2, 0.25) is 0 Å². The third-order valence-corrected chi connectivity index (χ3v) is 3.15. The SMILES string of the molecule is O=C(NCCCCCO)c1ccc(Cl)s1. The van der Waals surface area contributed by atoms with E-state index >= 15 is 0 Å². The number of unbranched alkanes of at least 4 members (excludes halogenated alkanes) is 2. The molecule has 0 saturated carbocycles. The molecule has 0 bridgehead atoms. The van der Waals surface area contributed by atoms with Crippen LogP contribution in [-0.2, 0) is 0 Å². The normalized spacial score (nSPS) is 10.3. The predicted molar refractivity (Wildman–Crippen MR) is 62.6 cm³/mol. The lowest BCUT2D eigenvalue weighted by Gasteiger charge is -2.02. The summed E-state index contributed by atoms with van der Waals surface area (Å²) in [6.07, 6.45) is 2.62. The Morgan fingerprint density at radius 2 is 2.20 bits per heavy atom. The van der Waals surface area contributed by atoms with Crippen LogP contribution in [0.15, 0.2) is 12.1 Å². The number of aliphatic hydroxyl groups is 1. The highest BCUT2D eigenvalue weighted by Gasteiger charge is 2.06. The molecule has 5 heteroatoms. The van der Waals surface area contributed by atoms with Crippen molar-refractivity contribution < 1.29 is 9.90 Å². The number of carbonyl (C=O) groups excluding carboxylic acids is 1. The molecule has 0 aliphatic heterocycles. The lowest BCUT2D eigenvalue weighted by Crippen LogP contribution is -2.23. The molecule has 84 valence electrons. The zero-order valence-electron chi connectivity index (χ0n) is 8.33. The van der Waals surface area contributed by atoms with Gasteiger partial charge in [-0.1, -0.05) is 11.6 Å². The van der Waals surface area contributed by atoms with Gasteiger partial charge in [-0.25, -0.2) is 0 Å². The Labute approximate surface area is 98.1 Å². The maximum Gasteiger partial charge on any atom is 0.261 e. The van der Waals surface area contributed by atoms with Crippen molar-refractivity contribution in [1.82, 2.24) is 5.32 Å². The van der Waals surface area contributed by atoms with Gasteiger partial charge in [0.1, 0.15) is 0 Å². The van der Waals surface area contributed by atoms with E-state index in [0.29, 0.717) is 15.8 Å². The molecule has 0 atom stereocenters. The maximum absolute atomic E-state index is 11.5. The van der Waals surface area contributed by atoms with Gasteiger partial charge in [-0.15, -0.1) is 11.3 Å². The number of halogens is 1. The summed E-state index contributed by atoms with van der Waals surface area (Å²) in [6.45, 7) is 0.864. The second kappa shape index (κ2) is 6.82. The van der Waals surface area contributed by atoms with Crippen molar-refractivity contribution in [2.75, 3.05) is 13.2 Å². The molecule has 3 nitrogen and oxygen atoms in total. The number of amides is 1. The van der Waals surface area contributed by atoms with E-state index in [1.165, 1.54) is 11.3 Å². The zero-order chi connectivity index (χ0) is 11.1. The Balaban J connectivity index is 2.19. The van der Waals surface area contributed by atoms with Crippen molar-refractivity contribution >= 4 is 28.8 Å². The molecule has 1 amide bonds. The quantitative estimate of drug-likeness (QED) is 0.758. The van der Waals surface area contributed by atoms with Gasteiger partial charge in [0.05, 0.1) is 9.21 Å². The molecule has 1 heterocycles. The number of hydrogen-bond donors (Lipinski definition) is 2. The van der Waals surface area contributed by atoms with Gasteiger partial charge < -0.3 is 10.4 Å². The number of aliphatic hydroxyl groups excluding tert-OH is 1. The minimum Gasteiger partial charge on any atom is -0.396 e. The van der Waals surface area contributed by atoms with Crippen molar-refractivity contribution in [1.29, 1.82) is 0 Å². The van der Waals surface area contributed by atoms with Gasteiger partial charge in [-0.05, 0) is 31.4 Å². The fraction of sp³-hybridized carbons (Fsp3) is 0.500. The van der Waals surface area contributed by atoms with Crippen molar-refractivity contribution in [2.24, 2.45) is 0 Å². The molecule has 0 radical (unpaired) electrons. The molecule has 0 aromatic carbocycles. The van der Waals surface area contributed by atoms with Crippen LogP contribution in [0.4, 0.5) is 0 Å². The molecule has 1 rings (SSSR count). The third-order valence-electron chi connectivity index (χ3n) is 1.92. The lowest BCUT2D eigenvalue weighted by molar-refractivity contribution is 0.0957. The maximum atomic E-state index is 11.5. The first-order valence-corrected chi connectivity index (χ1v) is 6.08. The van der Waals surface area contributed by atoms with Crippen LogP contribution in [-0.4, -0.2) is 24.2 Å². The molecule has 1 aromatic rings. The Kier molecular flexibility index (Phi) is 5.68. The first kappa shape index (κ1) is 12.5. The van der Waals surface area contributed by atoms with E-state index in [0.717, 1.165) is 19.3 Å². The van der Waals surface area contributed by atoms with Gasteiger partial charge in [-0.3, -0.25) is 4.79 Å². The highest BCUT2D eigenvalue weighted by Crippen LogP contribution is 2.20. The Morgan fingerprint density at radius 1 is 1.40 bits per heavy atom. The summed E-state index contributed by atoms with van der Waals surface area (Å²) in [7, 11) is 0. The molecule has 0 saturated heterocycles. The molecular formula is C10H14ClNO2S. The topological polar surface area (TPSA) is 49.3 Å². The van der Waals surface area contributed by atoms with E-state index in [4.69, 9.17) is 16.7 Å². The summed E-state index contributed by atoms with van der Waals surface area (Å²) in [5, 5.41) is 11.4. The van der Waals surface area contributed by atoms with Crippen LogP contribution in [0.25, 0.3) is 0 Å². The van der Waals surface area contributed by atoms with E-state index in [1.54, 1.807) is 12.1 Å². The monoisotopic (exact) mass is 247 g/mol. The smallest absolute Gasteiger partial charge is 0.261 e. The summed E-state index contributed by atoms with van der Waals surface area (Å²) < 4.78 is 0.625. The molecule has 2 N–H and O–H groups in total. The van der Waals surface area contributed by atoms with Crippen LogP contribution in [0.1, 0.15) is 28.9 Å². The highest BCUT2D eigenvalue weighted by atomic mass is 35.5. The number of nitrogens with one attached hydrogen (secondary N) is 1. The molecule has 1 aromatic heterocycles. The van der Waals surface area contributed by atoms with E-state index in [9.17, 15) is 4.79 Å². The largest absolute Gasteiger partial charge is 0.396 e. The van der Waals surface area contributed by atoms with E-state index in [2.05, 4.69) is 5.32 Å². The fourth-order valence-electron chi connectivity index (χ4n) is 1.14. The van der Waals surface area contributed by atoms with Gasteiger partial charge in [0.15, 0.2) is 0 Å². The van der Waals surface area contributed by atoms with Crippen molar-refractivity contribution in [3.05, 3.63) is 21.3 Å². The summed E-state index contributed by atoms with van der Waals surface area (Å²) in [5.74, 6) is -0.0732. The molecule has 0 fully saturated rings. The summed E-state index contributed by atoms with van der Waals surface area (Å²) in [6, 6.07) is 3.43. The van der Waals surface area contributed by atoms with Crippen molar-refractivity contribution in [2.45, 2.75) is 19.3 Å². The number of hydrogen-bond acceptors (Lipinski definition) is 3. The van der Waals surface area contributed by atoms with Crippen LogP contribution in [0.2, 0.25) is 4.34 Å². The van der Waals surface area contributed by atoms with Crippen molar-refractivity contribution in [3.63, 3.8) is 0 Å². The van der Waals surface area contributed by atoms with Gasteiger partial charge in [0.25, 0.3) is 5.91 Å². The first-order chi connectivity index (χ1) is 7.24. The minimum absolute atomic E-state index is 0.0732. The van der Waals surface area contributed by atoms with Crippen LogP contribution in [0, 0.1) is 0 Å². The predicted octanol–water partition coefficient (Wildman–Crippen LogP) is 2.29. The average Bonchev–Trinajstić information content (AvgIpc) is 2.64. The molecule has 0 aliphatic carbocycles. The van der Waals surface area contributed by atoms with Crippen LogP contribution >= 0.6 is 22.9 Å². The molecule has 0 spiro atoms. The Hall–Kier alpha value is -0.580. The lowest BCUT2D eigenvalue weighted by atomic mass is 10.2. The van der Waals surface area contributed by atoms with Crippen LogP contribution in [0.3, 0.4) is 0 Å². The van der Waals surface area contributed by atoms with Crippen molar-refractivity contribution in [3.8, 4) is 0 Å². The van der Waals surface area contributed by atoms with Crippen LogP contribution in [0.5, 0.6) is 0 Å². The summed E-state index contributed by atoms with van der Waals surface area (Å²) >= 11 is 7.00. The summed E-state index contributed by atoms with van der Waals surface area (Å²) in [5.41, 5.74) is 0.